The van der Waals surface area contributed by atoms with E-state index < -0.39 is 0 Å². The van der Waals surface area contributed by atoms with Crippen molar-refractivity contribution in [1.29, 1.82) is 0 Å². The number of primary amides is 1. The molecule has 2 N–H and O–H groups in total. The van der Waals surface area contributed by atoms with Gasteiger partial charge in [-0.3, -0.25) is 4.79 Å². The van der Waals surface area contributed by atoms with Gasteiger partial charge >= 0.3 is 0 Å². The van der Waals surface area contributed by atoms with Crippen molar-refractivity contribution in [2.75, 3.05) is 5.75 Å². The zero-order chi connectivity index (χ0) is 13.0. The molecule has 0 spiro atoms. The molecule has 2 rings (SSSR count). The van der Waals surface area contributed by atoms with E-state index >= 15 is 0 Å². The van der Waals surface area contributed by atoms with E-state index in [1.54, 1.807) is 4.68 Å². The van der Waals surface area contributed by atoms with Gasteiger partial charge in [-0.25, -0.2) is 0 Å². The van der Waals surface area contributed by atoms with Crippen LogP contribution in [0.4, 0.5) is 0 Å². The van der Waals surface area contributed by atoms with Gasteiger partial charge in [0, 0.05) is 12.2 Å². The second kappa shape index (κ2) is 5.63. The highest BCUT2D eigenvalue weighted by Gasteiger charge is 2.09. The van der Waals surface area contributed by atoms with Gasteiger partial charge in [-0.05, 0) is 35.0 Å². The summed E-state index contributed by atoms with van der Waals surface area (Å²) in [5.41, 5.74) is 7.13. The van der Waals surface area contributed by atoms with Crippen LogP contribution in [0.3, 0.4) is 0 Å². The molecule has 0 aliphatic heterocycles. The van der Waals surface area contributed by atoms with Gasteiger partial charge < -0.3 is 5.73 Å². The first-order valence-corrected chi connectivity index (χ1v) is 6.42. The fraction of sp³-hybridized carbons (Fsp3) is 0.273. The summed E-state index contributed by atoms with van der Waals surface area (Å²) >= 11 is 1.41. The van der Waals surface area contributed by atoms with Crippen LogP contribution in [0, 0.1) is 6.92 Å². The van der Waals surface area contributed by atoms with E-state index in [0.717, 1.165) is 11.3 Å². The van der Waals surface area contributed by atoms with Crippen LogP contribution in [0.5, 0.6) is 0 Å². The summed E-state index contributed by atoms with van der Waals surface area (Å²) in [5, 5.41) is 12.2. The summed E-state index contributed by atoms with van der Waals surface area (Å²) in [5.74, 6) is 0.249. The smallest absolute Gasteiger partial charge is 0.218 e. The lowest BCUT2D eigenvalue weighted by Crippen LogP contribution is -2.11. The lowest BCUT2D eigenvalue weighted by molar-refractivity contribution is -0.117. The number of tetrazole rings is 1. The number of thioether (sulfide) groups is 1. The molecule has 0 unspecified atom stereocenters. The van der Waals surface area contributed by atoms with E-state index in [2.05, 4.69) is 15.5 Å². The number of hydrogen-bond acceptors (Lipinski definition) is 5. The van der Waals surface area contributed by atoms with E-state index in [9.17, 15) is 4.79 Å². The van der Waals surface area contributed by atoms with Crippen molar-refractivity contribution in [3.63, 3.8) is 0 Å². The minimum absolute atomic E-state index is 0.311. The van der Waals surface area contributed by atoms with Crippen molar-refractivity contribution in [2.45, 2.75) is 18.5 Å². The number of carbonyl (C=O) groups excluding carboxylic acids is 1. The largest absolute Gasteiger partial charge is 0.370 e. The third-order valence-corrected chi connectivity index (χ3v) is 3.19. The highest BCUT2D eigenvalue weighted by atomic mass is 32.2. The van der Waals surface area contributed by atoms with Gasteiger partial charge in [0.15, 0.2) is 0 Å². The average Bonchev–Trinajstić information content (AvgIpc) is 2.77. The molecule has 1 aromatic heterocycles. The Balaban J connectivity index is 2.15. The molecule has 0 saturated carbocycles. The Bertz CT molecular complexity index is 554. The molecule has 2 aromatic rings. The highest BCUT2D eigenvalue weighted by molar-refractivity contribution is 7.99. The van der Waals surface area contributed by atoms with Crippen molar-refractivity contribution in [2.24, 2.45) is 5.73 Å². The van der Waals surface area contributed by atoms with Crippen LogP contribution in [0.2, 0.25) is 0 Å². The molecule has 0 saturated heterocycles. The minimum Gasteiger partial charge on any atom is -0.370 e. The number of benzene rings is 1. The van der Waals surface area contributed by atoms with Gasteiger partial charge in [0.2, 0.25) is 11.1 Å². The Labute approximate surface area is 109 Å². The van der Waals surface area contributed by atoms with Crippen LogP contribution in [-0.4, -0.2) is 31.9 Å². The van der Waals surface area contributed by atoms with Gasteiger partial charge in [-0.2, -0.15) is 4.68 Å². The van der Waals surface area contributed by atoms with Crippen LogP contribution < -0.4 is 5.73 Å². The number of hydrogen-bond donors (Lipinski definition) is 1. The van der Waals surface area contributed by atoms with Gasteiger partial charge in [-0.1, -0.05) is 23.9 Å². The van der Waals surface area contributed by atoms with Crippen molar-refractivity contribution in [1.82, 2.24) is 20.2 Å². The molecule has 0 aliphatic carbocycles. The normalized spacial score (nSPS) is 10.5. The third-order valence-electron chi connectivity index (χ3n) is 2.27. The Morgan fingerprint density at radius 1 is 1.50 bits per heavy atom. The lowest BCUT2D eigenvalue weighted by atomic mass is 10.2. The molecule has 0 atom stereocenters. The van der Waals surface area contributed by atoms with Crippen LogP contribution >= 0.6 is 11.8 Å². The second-order valence-corrected chi connectivity index (χ2v) is 4.84. The summed E-state index contributed by atoms with van der Waals surface area (Å²) in [7, 11) is 0. The minimum atomic E-state index is -0.322. The molecule has 0 aliphatic rings. The first kappa shape index (κ1) is 12.6. The molecule has 1 aromatic carbocycles. The molecule has 0 bridgehead atoms. The average molecular weight is 263 g/mol. The second-order valence-electron chi connectivity index (χ2n) is 3.78. The van der Waals surface area contributed by atoms with Crippen molar-refractivity contribution < 1.29 is 4.79 Å². The number of amides is 1. The Morgan fingerprint density at radius 3 is 3.06 bits per heavy atom. The van der Waals surface area contributed by atoms with E-state index in [-0.39, 0.29) is 5.91 Å². The van der Waals surface area contributed by atoms with Crippen LogP contribution in [-0.2, 0) is 4.79 Å². The number of rotatable bonds is 5. The van der Waals surface area contributed by atoms with Crippen molar-refractivity contribution in [3.8, 4) is 5.69 Å². The summed E-state index contributed by atoms with van der Waals surface area (Å²) in [4.78, 5) is 10.7. The first-order chi connectivity index (χ1) is 8.66. The number of aryl methyl sites for hydroxylation is 1. The number of nitrogens with two attached hydrogens (primary N) is 1. The number of nitrogens with zero attached hydrogens (tertiary/aromatic N) is 4. The summed E-state index contributed by atoms with van der Waals surface area (Å²) < 4.78 is 1.65. The molecule has 1 heterocycles. The Morgan fingerprint density at radius 2 is 2.33 bits per heavy atom. The monoisotopic (exact) mass is 263 g/mol. The standard InChI is InChI=1S/C11H13N5OS/c1-8-3-2-4-9(7-8)16-11(13-14-15-16)18-6-5-10(12)17/h2-4,7H,5-6H2,1H3,(H2,12,17). The summed E-state index contributed by atoms with van der Waals surface area (Å²) in [6, 6.07) is 7.88. The summed E-state index contributed by atoms with van der Waals surface area (Å²) in [6.45, 7) is 2.01. The zero-order valence-electron chi connectivity index (χ0n) is 9.91. The van der Waals surface area contributed by atoms with E-state index in [1.807, 2.05) is 31.2 Å². The molecule has 7 heteroatoms. The molecule has 1 amide bonds. The van der Waals surface area contributed by atoms with E-state index in [4.69, 9.17) is 5.73 Å². The van der Waals surface area contributed by atoms with E-state index in [0.29, 0.717) is 17.3 Å². The Kier molecular flexibility index (Phi) is 3.93. The van der Waals surface area contributed by atoms with Gasteiger partial charge in [0.05, 0.1) is 5.69 Å². The van der Waals surface area contributed by atoms with Gasteiger partial charge in [-0.15, -0.1) is 5.10 Å². The topological polar surface area (TPSA) is 86.7 Å². The fourth-order valence-corrected chi connectivity index (χ4v) is 2.28. The molecule has 18 heavy (non-hydrogen) atoms. The van der Waals surface area contributed by atoms with Crippen molar-refractivity contribution >= 4 is 17.7 Å². The maximum atomic E-state index is 10.7. The van der Waals surface area contributed by atoms with Crippen LogP contribution in [0.25, 0.3) is 5.69 Å². The molecular formula is C11H13N5OS. The predicted octanol–water partition coefficient (Wildman–Crippen LogP) is 0.938. The maximum absolute atomic E-state index is 10.7. The first-order valence-electron chi connectivity index (χ1n) is 5.43. The molecule has 6 nitrogen and oxygen atoms in total. The third kappa shape index (κ3) is 3.07. The summed E-state index contributed by atoms with van der Waals surface area (Å²) in [6.07, 6.45) is 0.311. The number of aromatic nitrogens is 4. The molecular weight excluding hydrogens is 250 g/mol. The fourth-order valence-electron chi connectivity index (χ4n) is 1.43. The predicted molar refractivity (Wildman–Crippen MR) is 68.4 cm³/mol. The lowest BCUT2D eigenvalue weighted by Gasteiger charge is -2.04. The van der Waals surface area contributed by atoms with Gasteiger partial charge in [0.25, 0.3) is 0 Å². The highest BCUT2D eigenvalue weighted by Crippen LogP contribution is 2.19. The van der Waals surface area contributed by atoms with Crippen molar-refractivity contribution in [3.05, 3.63) is 29.8 Å². The quantitative estimate of drug-likeness (QED) is 0.811. The SMILES string of the molecule is Cc1cccc(-n2nnnc2SCCC(N)=O)c1. The molecule has 94 valence electrons. The van der Waals surface area contributed by atoms with E-state index in [1.165, 1.54) is 11.8 Å². The van der Waals surface area contributed by atoms with Crippen LogP contribution in [0.15, 0.2) is 29.4 Å². The maximum Gasteiger partial charge on any atom is 0.218 e. The zero-order valence-corrected chi connectivity index (χ0v) is 10.7. The Hall–Kier alpha value is -1.89. The molecule has 0 radical (unpaired) electrons. The van der Waals surface area contributed by atoms with Crippen LogP contribution in [0.1, 0.15) is 12.0 Å². The van der Waals surface area contributed by atoms with Gasteiger partial charge in [0.1, 0.15) is 0 Å². The number of carbonyl (C=O) groups is 1. The molecule has 0 fully saturated rings.